The predicted octanol–water partition coefficient (Wildman–Crippen LogP) is 3.29. The molecule has 6 nitrogen and oxygen atoms in total. The molecule has 0 fully saturated rings. The van der Waals surface area contributed by atoms with Gasteiger partial charge in [-0.1, -0.05) is 29.5 Å². The highest BCUT2D eigenvalue weighted by Crippen LogP contribution is 2.28. The summed E-state index contributed by atoms with van der Waals surface area (Å²) in [4.78, 5) is 0. The molecular formula is C16H14FN3O3S2. The minimum absolute atomic E-state index is 0.0925. The van der Waals surface area contributed by atoms with Gasteiger partial charge < -0.3 is 4.74 Å². The number of sulfonamides is 1. The van der Waals surface area contributed by atoms with E-state index in [1.165, 1.54) is 18.2 Å². The molecule has 130 valence electrons. The molecule has 9 heteroatoms. The molecule has 0 radical (unpaired) electrons. The molecule has 3 aromatic rings. The van der Waals surface area contributed by atoms with Gasteiger partial charge in [0.25, 0.3) is 0 Å². The Morgan fingerprint density at radius 2 is 1.84 bits per heavy atom. The summed E-state index contributed by atoms with van der Waals surface area (Å²) in [6.07, 6.45) is 0. The molecule has 0 saturated carbocycles. The highest BCUT2D eigenvalue weighted by molar-refractivity contribution is 7.92. The molecule has 1 N–H and O–H groups in total. The lowest BCUT2D eigenvalue weighted by Crippen LogP contribution is -2.15. The van der Waals surface area contributed by atoms with Gasteiger partial charge in [0.15, 0.2) is 0 Å². The molecule has 3 rings (SSSR count). The molecule has 0 atom stereocenters. The molecule has 25 heavy (non-hydrogen) atoms. The third-order valence-corrected chi connectivity index (χ3v) is 5.52. The summed E-state index contributed by atoms with van der Waals surface area (Å²) in [7, 11) is -2.22. The van der Waals surface area contributed by atoms with E-state index in [0.29, 0.717) is 10.8 Å². The van der Waals surface area contributed by atoms with Crippen LogP contribution in [-0.4, -0.2) is 25.7 Å². The predicted molar refractivity (Wildman–Crippen MR) is 94.5 cm³/mol. The maximum atomic E-state index is 13.6. The van der Waals surface area contributed by atoms with Crippen molar-refractivity contribution in [3.05, 3.63) is 59.9 Å². The lowest BCUT2D eigenvalue weighted by molar-refractivity contribution is 0.415. The van der Waals surface area contributed by atoms with Crippen molar-refractivity contribution < 1.29 is 17.5 Å². The number of anilines is 1. The summed E-state index contributed by atoms with van der Waals surface area (Å²) < 4.78 is 45.4. The van der Waals surface area contributed by atoms with Crippen LogP contribution in [-0.2, 0) is 15.8 Å². The van der Waals surface area contributed by atoms with Gasteiger partial charge in [-0.2, -0.15) is 0 Å². The van der Waals surface area contributed by atoms with E-state index in [0.717, 1.165) is 16.9 Å². The molecule has 0 aliphatic heterocycles. The maximum absolute atomic E-state index is 13.6. The van der Waals surface area contributed by atoms with Crippen LogP contribution in [0.5, 0.6) is 5.75 Å². The van der Waals surface area contributed by atoms with Gasteiger partial charge in [0.1, 0.15) is 16.6 Å². The van der Waals surface area contributed by atoms with Gasteiger partial charge in [0.05, 0.1) is 12.9 Å². The van der Waals surface area contributed by atoms with Gasteiger partial charge in [-0.25, -0.2) is 12.8 Å². The molecule has 0 aliphatic carbocycles. The number of ether oxygens (including phenoxy) is 1. The quantitative estimate of drug-likeness (QED) is 0.711. The first-order chi connectivity index (χ1) is 12.0. The van der Waals surface area contributed by atoms with E-state index in [2.05, 4.69) is 14.9 Å². The number of nitrogens with one attached hydrogen (secondary N) is 1. The van der Waals surface area contributed by atoms with Crippen LogP contribution >= 0.6 is 11.3 Å². The van der Waals surface area contributed by atoms with Gasteiger partial charge >= 0.3 is 0 Å². The lowest BCUT2D eigenvalue weighted by Gasteiger charge is -2.05. The molecule has 0 unspecified atom stereocenters. The van der Waals surface area contributed by atoms with Gasteiger partial charge in [-0.05, 0) is 30.3 Å². The Hall–Kier alpha value is -2.52. The summed E-state index contributed by atoms with van der Waals surface area (Å²) in [5.41, 5.74) is 0.882. The Balaban J connectivity index is 1.75. The largest absolute Gasteiger partial charge is 0.497 e. The minimum Gasteiger partial charge on any atom is -0.497 e. The van der Waals surface area contributed by atoms with Crippen LogP contribution in [0.1, 0.15) is 5.56 Å². The van der Waals surface area contributed by atoms with Crippen molar-refractivity contribution in [2.75, 3.05) is 11.8 Å². The van der Waals surface area contributed by atoms with Gasteiger partial charge in [0.2, 0.25) is 15.2 Å². The molecule has 1 aromatic heterocycles. The molecule has 0 saturated heterocycles. The highest BCUT2D eigenvalue weighted by Gasteiger charge is 2.17. The second-order valence-corrected chi connectivity index (χ2v) is 7.79. The zero-order valence-corrected chi connectivity index (χ0v) is 14.8. The number of hydrogen-bond acceptors (Lipinski definition) is 6. The molecule has 0 bridgehead atoms. The monoisotopic (exact) mass is 379 g/mol. The first kappa shape index (κ1) is 17.3. The van der Waals surface area contributed by atoms with Crippen LogP contribution in [0.2, 0.25) is 0 Å². The topological polar surface area (TPSA) is 81.2 Å². The highest BCUT2D eigenvalue weighted by atomic mass is 32.2. The number of rotatable bonds is 6. The molecular weight excluding hydrogens is 365 g/mol. The zero-order chi connectivity index (χ0) is 17.9. The first-order valence-electron chi connectivity index (χ1n) is 7.19. The summed E-state index contributed by atoms with van der Waals surface area (Å²) in [5.74, 6) is -0.333. The van der Waals surface area contributed by atoms with Gasteiger partial charge in [0, 0.05) is 11.1 Å². The number of nitrogens with zero attached hydrogens (tertiary/aromatic N) is 2. The van der Waals surface area contributed by atoms with Crippen molar-refractivity contribution in [1.82, 2.24) is 10.2 Å². The Bertz CT molecular complexity index is 972. The standard InChI is InChI=1S/C16H14FN3O3S2/c1-23-13-8-6-11(7-9-13)15-18-19-16(24-15)20-25(21,22)10-12-4-2-3-5-14(12)17/h2-9H,10H2,1H3,(H,19,20). The van der Waals surface area contributed by atoms with E-state index in [1.54, 1.807) is 37.4 Å². The van der Waals surface area contributed by atoms with E-state index in [1.807, 2.05) is 0 Å². The van der Waals surface area contributed by atoms with Crippen LogP contribution < -0.4 is 9.46 Å². The van der Waals surface area contributed by atoms with Crippen molar-refractivity contribution in [1.29, 1.82) is 0 Å². The zero-order valence-electron chi connectivity index (χ0n) is 13.1. The lowest BCUT2D eigenvalue weighted by atomic mass is 10.2. The second-order valence-electron chi connectivity index (χ2n) is 5.09. The van der Waals surface area contributed by atoms with E-state index in [4.69, 9.17) is 4.74 Å². The smallest absolute Gasteiger partial charge is 0.238 e. The average molecular weight is 379 g/mol. The normalized spacial score (nSPS) is 11.3. The molecule has 0 amide bonds. The fourth-order valence-electron chi connectivity index (χ4n) is 2.10. The molecule has 0 spiro atoms. The van der Waals surface area contributed by atoms with Crippen molar-refractivity contribution in [3.8, 4) is 16.3 Å². The van der Waals surface area contributed by atoms with E-state index in [-0.39, 0.29) is 10.7 Å². The first-order valence-corrected chi connectivity index (χ1v) is 9.65. The van der Waals surface area contributed by atoms with Crippen LogP contribution in [0.3, 0.4) is 0 Å². The number of methoxy groups -OCH3 is 1. The number of benzene rings is 2. The third kappa shape index (κ3) is 4.31. The average Bonchev–Trinajstić information content (AvgIpc) is 3.04. The van der Waals surface area contributed by atoms with Gasteiger partial charge in [-0.15, -0.1) is 10.2 Å². The van der Waals surface area contributed by atoms with Crippen molar-refractivity contribution >= 4 is 26.5 Å². The van der Waals surface area contributed by atoms with Crippen LogP contribution in [0.15, 0.2) is 48.5 Å². The molecule has 2 aromatic carbocycles. The van der Waals surface area contributed by atoms with Crippen LogP contribution in [0.25, 0.3) is 10.6 Å². The fraction of sp³-hybridized carbons (Fsp3) is 0.125. The molecule has 0 aliphatic rings. The van der Waals surface area contributed by atoms with Crippen molar-refractivity contribution in [2.45, 2.75) is 5.75 Å². The Kier molecular flexibility index (Phi) is 4.95. The van der Waals surface area contributed by atoms with E-state index >= 15 is 0 Å². The summed E-state index contributed by atoms with van der Waals surface area (Å²) in [5, 5.41) is 8.50. The van der Waals surface area contributed by atoms with Crippen molar-refractivity contribution in [2.24, 2.45) is 0 Å². The van der Waals surface area contributed by atoms with Crippen LogP contribution in [0, 0.1) is 5.82 Å². The summed E-state index contributed by atoms with van der Waals surface area (Å²) in [6.45, 7) is 0. The summed E-state index contributed by atoms with van der Waals surface area (Å²) in [6, 6.07) is 12.9. The minimum atomic E-state index is -3.79. The fourth-order valence-corrected chi connectivity index (χ4v) is 4.27. The van der Waals surface area contributed by atoms with E-state index < -0.39 is 21.6 Å². The number of aromatic nitrogens is 2. The van der Waals surface area contributed by atoms with Crippen molar-refractivity contribution in [3.63, 3.8) is 0 Å². The van der Waals surface area contributed by atoms with Crippen LogP contribution in [0.4, 0.5) is 9.52 Å². The Morgan fingerprint density at radius 3 is 2.52 bits per heavy atom. The SMILES string of the molecule is COc1ccc(-c2nnc(NS(=O)(=O)Cc3ccccc3F)s2)cc1. The maximum Gasteiger partial charge on any atom is 0.238 e. The Morgan fingerprint density at radius 1 is 1.12 bits per heavy atom. The summed E-state index contributed by atoms with van der Waals surface area (Å²) >= 11 is 1.09. The Labute approximate surface area is 148 Å². The van der Waals surface area contributed by atoms with Gasteiger partial charge in [-0.3, -0.25) is 4.72 Å². The third-order valence-electron chi connectivity index (χ3n) is 3.31. The van der Waals surface area contributed by atoms with E-state index in [9.17, 15) is 12.8 Å². The number of hydrogen-bond donors (Lipinski definition) is 1. The molecule has 1 heterocycles. The second kappa shape index (κ2) is 7.16. The number of halogens is 1.